The Morgan fingerprint density at radius 2 is 2.27 bits per heavy atom. The maximum atomic E-state index is 5.97. The van der Waals surface area contributed by atoms with Gasteiger partial charge in [-0.25, -0.2) is 4.68 Å². The van der Waals surface area contributed by atoms with Crippen molar-refractivity contribution in [3.05, 3.63) is 29.4 Å². The number of benzene rings is 1. The van der Waals surface area contributed by atoms with Crippen LogP contribution in [0, 0.1) is 0 Å². The summed E-state index contributed by atoms with van der Waals surface area (Å²) in [6.45, 7) is 0. The molecular weight excluding hydrogens is 216 g/mol. The molecular formula is C9H9ClN4O. The molecule has 0 saturated carbocycles. The monoisotopic (exact) mass is 224 g/mol. The van der Waals surface area contributed by atoms with Crippen LogP contribution in [0.4, 0.5) is 5.82 Å². The van der Waals surface area contributed by atoms with E-state index in [1.807, 2.05) is 6.07 Å². The number of halogens is 1. The minimum absolute atomic E-state index is 0.363. The first-order valence-electron chi connectivity index (χ1n) is 4.22. The number of aromatic nitrogens is 3. The van der Waals surface area contributed by atoms with Crippen LogP contribution >= 0.6 is 11.6 Å². The molecule has 0 bridgehead atoms. The van der Waals surface area contributed by atoms with Gasteiger partial charge in [0.1, 0.15) is 5.75 Å². The molecule has 78 valence electrons. The lowest BCUT2D eigenvalue weighted by atomic mass is 10.3. The van der Waals surface area contributed by atoms with Crippen LogP contribution in [-0.2, 0) is 0 Å². The molecule has 2 N–H and O–H groups in total. The minimum atomic E-state index is 0.363. The third kappa shape index (κ3) is 1.87. The summed E-state index contributed by atoms with van der Waals surface area (Å²) in [5.41, 5.74) is 6.24. The van der Waals surface area contributed by atoms with Gasteiger partial charge in [-0.05, 0) is 18.2 Å². The zero-order chi connectivity index (χ0) is 10.8. The van der Waals surface area contributed by atoms with Crippen molar-refractivity contribution in [1.82, 2.24) is 15.0 Å². The van der Waals surface area contributed by atoms with Crippen LogP contribution in [0.5, 0.6) is 5.75 Å². The van der Waals surface area contributed by atoms with Gasteiger partial charge in [-0.1, -0.05) is 16.8 Å². The summed E-state index contributed by atoms with van der Waals surface area (Å²) in [6.07, 6.45) is 1.61. The maximum Gasteiger partial charge on any atom is 0.166 e. The standard InChI is InChI=1S/C9H9ClN4O/c1-15-8-3-2-6(4-7(8)10)14-5-9(11)12-13-14/h2-5H,11H2,1H3. The Morgan fingerprint density at radius 1 is 1.47 bits per heavy atom. The molecule has 0 atom stereocenters. The molecule has 1 aromatic heterocycles. The lowest BCUT2D eigenvalue weighted by molar-refractivity contribution is 0.415. The molecule has 5 nitrogen and oxygen atoms in total. The predicted octanol–water partition coefficient (Wildman–Crippen LogP) is 1.51. The summed E-state index contributed by atoms with van der Waals surface area (Å²) in [6, 6.07) is 5.31. The van der Waals surface area contributed by atoms with E-state index in [2.05, 4.69) is 10.3 Å². The number of hydrogen-bond donors (Lipinski definition) is 1. The summed E-state index contributed by atoms with van der Waals surface area (Å²) in [4.78, 5) is 0. The first-order chi connectivity index (χ1) is 7.20. The van der Waals surface area contributed by atoms with Crippen molar-refractivity contribution in [3.63, 3.8) is 0 Å². The van der Waals surface area contributed by atoms with Crippen molar-refractivity contribution in [2.45, 2.75) is 0 Å². The molecule has 2 rings (SSSR count). The van der Waals surface area contributed by atoms with E-state index in [0.717, 1.165) is 5.69 Å². The molecule has 1 heterocycles. The SMILES string of the molecule is COc1ccc(-n2cc(N)nn2)cc1Cl. The molecule has 0 aliphatic heterocycles. The van der Waals surface area contributed by atoms with Gasteiger partial charge in [0.05, 0.1) is 24.0 Å². The second-order valence-electron chi connectivity index (χ2n) is 2.91. The van der Waals surface area contributed by atoms with Gasteiger partial charge >= 0.3 is 0 Å². The largest absolute Gasteiger partial charge is 0.495 e. The van der Waals surface area contributed by atoms with Gasteiger partial charge in [-0.2, -0.15) is 0 Å². The van der Waals surface area contributed by atoms with E-state index in [0.29, 0.717) is 16.6 Å². The van der Waals surface area contributed by atoms with E-state index in [1.54, 1.807) is 30.1 Å². The van der Waals surface area contributed by atoms with Crippen molar-refractivity contribution < 1.29 is 4.74 Å². The Kier molecular flexibility index (Phi) is 2.47. The molecule has 2 aromatic rings. The first kappa shape index (κ1) is 9.79. The topological polar surface area (TPSA) is 66.0 Å². The molecule has 0 radical (unpaired) electrons. The molecule has 6 heteroatoms. The van der Waals surface area contributed by atoms with Gasteiger partial charge < -0.3 is 10.5 Å². The predicted molar refractivity (Wildman–Crippen MR) is 57.3 cm³/mol. The third-order valence-corrected chi connectivity index (χ3v) is 2.21. The second kappa shape index (κ2) is 3.78. The van der Waals surface area contributed by atoms with Crippen LogP contribution in [0.15, 0.2) is 24.4 Å². The zero-order valence-corrected chi connectivity index (χ0v) is 8.77. The van der Waals surface area contributed by atoms with Gasteiger partial charge in [-0.15, -0.1) is 5.10 Å². The summed E-state index contributed by atoms with van der Waals surface area (Å²) < 4.78 is 6.58. The number of ether oxygens (including phenoxy) is 1. The summed E-state index contributed by atoms with van der Waals surface area (Å²) in [5, 5.41) is 8.02. The fourth-order valence-electron chi connectivity index (χ4n) is 1.20. The number of hydrogen-bond acceptors (Lipinski definition) is 4. The Bertz CT molecular complexity index is 483. The van der Waals surface area contributed by atoms with E-state index in [-0.39, 0.29) is 0 Å². The number of nitrogens with zero attached hydrogens (tertiary/aromatic N) is 3. The molecule has 0 aliphatic carbocycles. The number of nitrogens with two attached hydrogens (primary N) is 1. The molecule has 0 aliphatic rings. The van der Waals surface area contributed by atoms with Crippen LogP contribution < -0.4 is 10.5 Å². The molecule has 0 saturated heterocycles. The van der Waals surface area contributed by atoms with E-state index < -0.39 is 0 Å². The third-order valence-electron chi connectivity index (χ3n) is 1.91. The highest BCUT2D eigenvalue weighted by Crippen LogP contribution is 2.26. The van der Waals surface area contributed by atoms with E-state index >= 15 is 0 Å². The van der Waals surface area contributed by atoms with Crippen molar-refractivity contribution in [1.29, 1.82) is 0 Å². The number of methoxy groups -OCH3 is 1. The average Bonchev–Trinajstić information content (AvgIpc) is 2.65. The summed E-state index contributed by atoms with van der Waals surface area (Å²) in [5.74, 6) is 0.982. The van der Waals surface area contributed by atoms with Gasteiger partial charge in [0.25, 0.3) is 0 Å². The molecule has 0 unspecified atom stereocenters. The van der Waals surface area contributed by atoms with Crippen LogP contribution in [0.1, 0.15) is 0 Å². The first-order valence-corrected chi connectivity index (χ1v) is 4.60. The van der Waals surface area contributed by atoms with E-state index in [4.69, 9.17) is 22.1 Å². The Hall–Kier alpha value is -1.75. The van der Waals surface area contributed by atoms with E-state index in [1.165, 1.54) is 0 Å². The highest BCUT2D eigenvalue weighted by Gasteiger charge is 2.04. The Balaban J connectivity index is 2.42. The minimum Gasteiger partial charge on any atom is -0.495 e. The van der Waals surface area contributed by atoms with Crippen LogP contribution in [0.2, 0.25) is 5.02 Å². The van der Waals surface area contributed by atoms with Crippen molar-refractivity contribution in [2.75, 3.05) is 12.8 Å². The molecule has 15 heavy (non-hydrogen) atoms. The fraction of sp³-hybridized carbons (Fsp3) is 0.111. The lowest BCUT2D eigenvalue weighted by Crippen LogP contribution is -1.95. The Morgan fingerprint density at radius 3 is 2.80 bits per heavy atom. The van der Waals surface area contributed by atoms with Crippen LogP contribution in [-0.4, -0.2) is 22.1 Å². The average molecular weight is 225 g/mol. The van der Waals surface area contributed by atoms with Gasteiger partial charge in [0.2, 0.25) is 0 Å². The van der Waals surface area contributed by atoms with Gasteiger partial charge in [0.15, 0.2) is 5.82 Å². The number of anilines is 1. The fourth-order valence-corrected chi connectivity index (χ4v) is 1.45. The number of rotatable bonds is 2. The van der Waals surface area contributed by atoms with Crippen molar-refractivity contribution in [2.24, 2.45) is 0 Å². The van der Waals surface area contributed by atoms with Gasteiger partial charge in [-0.3, -0.25) is 0 Å². The molecule has 0 spiro atoms. The Labute approximate surface area is 91.4 Å². The van der Waals surface area contributed by atoms with Crippen molar-refractivity contribution >= 4 is 17.4 Å². The highest BCUT2D eigenvalue weighted by molar-refractivity contribution is 6.32. The maximum absolute atomic E-state index is 5.97. The summed E-state index contributed by atoms with van der Waals surface area (Å²) in [7, 11) is 1.56. The lowest BCUT2D eigenvalue weighted by Gasteiger charge is -2.04. The molecule has 0 amide bonds. The smallest absolute Gasteiger partial charge is 0.166 e. The number of nitrogen functional groups attached to an aromatic ring is 1. The second-order valence-corrected chi connectivity index (χ2v) is 3.31. The van der Waals surface area contributed by atoms with Crippen LogP contribution in [0.3, 0.4) is 0 Å². The van der Waals surface area contributed by atoms with Crippen LogP contribution in [0.25, 0.3) is 5.69 Å². The quantitative estimate of drug-likeness (QED) is 0.840. The molecule has 1 aromatic carbocycles. The highest BCUT2D eigenvalue weighted by atomic mass is 35.5. The molecule has 0 fully saturated rings. The van der Waals surface area contributed by atoms with Crippen molar-refractivity contribution in [3.8, 4) is 11.4 Å². The summed E-state index contributed by atoms with van der Waals surface area (Å²) >= 11 is 5.97. The van der Waals surface area contributed by atoms with Gasteiger partial charge in [0, 0.05) is 0 Å². The normalized spacial score (nSPS) is 10.3. The van der Waals surface area contributed by atoms with E-state index in [9.17, 15) is 0 Å². The zero-order valence-electron chi connectivity index (χ0n) is 8.01.